The van der Waals surface area contributed by atoms with Gasteiger partial charge in [0, 0.05) is 17.8 Å². The Bertz CT molecular complexity index is 526. The van der Waals surface area contributed by atoms with Gasteiger partial charge < -0.3 is 4.74 Å². The van der Waals surface area contributed by atoms with E-state index in [1.165, 1.54) is 0 Å². The largest absolute Gasteiger partial charge is 0.370 e. The normalized spacial score (nSPS) is 21.8. The Kier molecular flexibility index (Phi) is 3.07. The molecule has 0 unspecified atom stereocenters. The zero-order valence-electron chi connectivity index (χ0n) is 9.73. The second-order valence-electron chi connectivity index (χ2n) is 4.34. The summed E-state index contributed by atoms with van der Waals surface area (Å²) in [5, 5.41) is 9.32. The maximum Gasteiger partial charge on any atom is 0.302 e. The number of benzene rings is 1. The Balaban J connectivity index is 1.98. The summed E-state index contributed by atoms with van der Waals surface area (Å²) in [6, 6.07) is 7.64. The van der Waals surface area contributed by atoms with Gasteiger partial charge in [0.05, 0.1) is 18.2 Å². The Morgan fingerprint density at radius 2 is 2.00 bits per heavy atom. The molecule has 1 aromatic rings. The Hall–Kier alpha value is -1.01. The van der Waals surface area contributed by atoms with Crippen LogP contribution in [-0.2, 0) is 4.74 Å². The minimum atomic E-state index is 0.440. The molecule has 94 valence electrons. The molecule has 1 saturated heterocycles. The van der Waals surface area contributed by atoms with Crippen molar-refractivity contribution in [3.8, 4) is 0 Å². The second kappa shape index (κ2) is 4.59. The number of hydrogen-bond acceptors (Lipinski definition) is 3. The quantitative estimate of drug-likeness (QED) is 0.629. The zero-order valence-corrected chi connectivity index (χ0v) is 11.3. The lowest BCUT2D eigenvalue weighted by Crippen LogP contribution is -2.54. The van der Waals surface area contributed by atoms with E-state index in [0.717, 1.165) is 29.6 Å². The van der Waals surface area contributed by atoms with Crippen molar-refractivity contribution < 1.29 is 9.33 Å². The van der Waals surface area contributed by atoms with Crippen molar-refractivity contribution in [1.82, 2.24) is 5.32 Å². The molecule has 2 aliphatic heterocycles. The average Bonchev–Trinajstić information content (AvgIpc) is 2.68. The number of halogens is 1. The monoisotopic (exact) mass is 282 g/mol. The van der Waals surface area contributed by atoms with Crippen molar-refractivity contribution in [2.75, 3.05) is 26.3 Å². The van der Waals surface area contributed by atoms with Crippen LogP contribution in [0.25, 0.3) is 0 Å². The van der Waals surface area contributed by atoms with Crippen molar-refractivity contribution in [3.05, 3.63) is 34.9 Å². The SMILES string of the molecule is S=C1NC(c2ccccc2Cl)=N[N+]12CCOCC2. The highest BCUT2D eigenvalue weighted by atomic mass is 35.5. The van der Waals surface area contributed by atoms with E-state index in [1.807, 2.05) is 24.3 Å². The van der Waals surface area contributed by atoms with E-state index in [0.29, 0.717) is 22.8 Å². The zero-order chi connectivity index (χ0) is 12.6. The van der Waals surface area contributed by atoms with Crippen LogP contribution >= 0.6 is 23.8 Å². The van der Waals surface area contributed by atoms with Crippen molar-refractivity contribution in [1.29, 1.82) is 0 Å². The Morgan fingerprint density at radius 1 is 1.28 bits per heavy atom. The lowest BCUT2D eigenvalue weighted by molar-refractivity contribution is -0.853. The van der Waals surface area contributed by atoms with Gasteiger partial charge in [-0.15, -0.1) is 4.59 Å². The molecule has 4 nitrogen and oxygen atoms in total. The van der Waals surface area contributed by atoms with Crippen LogP contribution in [0.2, 0.25) is 5.02 Å². The van der Waals surface area contributed by atoms with Crippen LogP contribution in [0, 0.1) is 0 Å². The molecule has 1 N–H and O–H groups in total. The summed E-state index contributed by atoms with van der Waals surface area (Å²) in [7, 11) is 0. The molecule has 3 rings (SSSR count). The second-order valence-corrected chi connectivity index (χ2v) is 5.13. The fourth-order valence-corrected chi connectivity index (χ4v) is 2.74. The molecule has 0 radical (unpaired) electrons. The fourth-order valence-electron chi connectivity index (χ4n) is 2.19. The van der Waals surface area contributed by atoms with Gasteiger partial charge in [0.2, 0.25) is 0 Å². The summed E-state index contributed by atoms with van der Waals surface area (Å²) in [4.78, 5) is 0. The lowest BCUT2D eigenvalue weighted by Gasteiger charge is -2.29. The minimum absolute atomic E-state index is 0.440. The standard InChI is InChI=1S/C12H12ClN3OS/c13-10-4-2-1-3-9(10)11-14-12(18)16(15-11)5-7-17-8-6-16/h1-4H,5-8H2/p+1. The minimum Gasteiger partial charge on any atom is -0.370 e. The van der Waals surface area contributed by atoms with Gasteiger partial charge >= 0.3 is 5.11 Å². The van der Waals surface area contributed by atoms with Crippen LogP contribution in [0.15, 0.2) is 29.4 Å². The molecule has 0 aliphatic carbocycles. The molecule has 18 heavy (non-hydrogen) atoms. The number of nitrogens with zero attached hydrogens (tertiary/aromatic N) is 2. The van der Waals surface area contributed by atoms with Crippen molar-refractivity contribution >= 4 is 34.8 Å². The van der Waals surface area contributed by atoms with E-state index in [4.69, 9.17) is 33.7 Å². The smallest absolute Gasteiger partial charge is 0.302 e. The molecule has 1 spiro atoms. The lowest BCUT2D eigenvalue weighted by atomic mass is 10.2. The van der Waals surface area contributed by atoms with Gasteiger partial charge in [-0.25, -0.2) is 0 Å². The molecule has 1 fully saturated rings. The Morgan fingerprint density at radius 3 is 2.72 bits per heavy atom. The third kappa shape index (κ3) is 1.93. The first-order chi connectivity index (χ1) is 8.71. The molecule has 2 aliphatic rings. The number of ether oxygens (including phenoxy) is 1. The average molecular weight is 283 g/mol. The van der Waals surface area contributed by atoms with E-state index in [9.17, 15) is 0 Å². The summed E-state index contributed by atoms with van der Waals surface area (Å²) in [5.41, 5.74) is 0.892. The first-order valence-electron chi connectivity index (χ1n) is 5.83. The van der Waals surface area contributed by atoms with E-state index in [1.54, 1.807) is 0 Å². The van der Waals surface area contributed by atoms with Gasteiger partial charge in [-0.05, 0) is 12.1 Å². The number of amidine groups is 1. The molecule has 0 amide bonds. The summed E-state index contributed by atoms with van der Waals surface area (Å²) >= 11 is 11.6. The van der Waals surface area contributed by atoms with Crippen LogP contribution in [0.3, 0.4) is 0 Å². The third-order valence-corrected chi connectivity index (χ3v) is 4.01. The topological polar surface area (TPSA) is 33.6 Å². The van der Waals surface area contributed by atoms with Gasteiger partial charge in [0.15, 0.2) is 5.84 Å². The van der Waals surface area contributed by atoms with E-state index >= 15 is 0 Å². The van der Waals surface area contributed by atoms with Crippen LogP contribution in [-0.4, -0.2) is 41.8 Å². The van der Waals surface area contributed by atoms with E-state index < -0.39 is 0 Å². The van der Waals surface area contributed by atoms with Gasteiger partial charge in [0.1, 0.15) is 13.1 Å². The fraction of sp³-hybridized carbons (Fsp3) is 0.333. The summed E-state index contributed by atoms with van der Waals surface area (Å²) in [6.45, 7) is 2.92. The third-order valence-electron chi connectivity index (χ3n) is 3.23. The number of quaternary nitrogens is 1. The van der Waals surface area contributed by atoms with Gasteiger partial charge in [-0.1, -0.05) is 28.8 Å². The van der Waals surface area contributed by atoms with E-state index in [-0.39, 0.29) is 0 Å². The number of nitrogens with one attached hydrogen (secondary N) is 1. The number of rotatable bonds is 1. The molecule has 0 aromatic heterocycles. The molecule has 0 bridgehead atoms. The van der Waals surface area contributed by atoms with Crippen LogP contribution in [0.1, 0.15) is 5.56 Å². The first kappa shape index (κ1) is 12.0. The summed E-state index contributed by atoms with van der Waals surface area (Å²) < 4.78 is 5.81. The van der Waals surface area contributed by atoms with Gasteiger partial charge in [-0.2, -0.15) is 0 Å². The Labute approximate surface area is 116 Å². The maximum absolute atomic E-state index is 6.18. The molecule has 1 aromatic carbocycles. The number of thiocarbonyl (C=S) groups is 1. The van der Waals surface area contributed by atoms with Crippen LogP contribution in [0.5, 0.6) is 0 Å². The maximum atomic E-state index is 6.18. The first-order valence-corrected chi connectivity index (χ1v) is 6.61. The number of morpholine rings is 1. The number of hydrogen-bond donors (Lipinski definition) is 1. The molecule has 0 atom stereocenters. The highest BCUT2D eigenvalue weighted by Crippen LogP contribution is 2.23. The highest BCUT2D eigenvalue weighted by molar-refractivity contribution is 7.80. The van der Waals surface area contributed by atoms with Gasteiger partial charge in [-0.3, -0.25) is 5.32 Å². The summed E-state index contributed by atoms with van der Waals surface area (Å²) in [5.74, 6) is 0.757. The van der Waals surface area contributed by atoms with Crippen LogP contribution in [0.4, 0.5) is 0 Å². The molecular formula is C12H13ClN3OS+. The van der Waals surface area contributed by atoms with Crippen molar-refractivity contribution in [2.24, 2.45) is 5.10 Å². The van der Waals surface area contributed by atoms with Crippen LogP contribution < -0.4 is 5.32 Å². The molecular weight excluding hydrogens is 270 g/mol. The molecule has 2 heterocycles. The molecule has 6 heteroatoms. The van der Waals surface area contributed by atoms with Crippen molar-refractivity contribution in [2.45, 2.75) is 0 Å². The van der Waals surface area contributed by atoms with Gasteiger partial charge in [0.25, 0.3) is 0 Å². The predicted molar refractivity (Wildman–Crippen MR) is 74.5 cm³/mol. The van der Waals surface area contributed by atoms with Crippen molar-refractivity contribution in [3.63, 3.8) is 0 Å². The van der Waals surface area contributed by atoms with E-state index in [2.05, 4.69) is 5.32 Å². The highest BCUT2D eigenvalue weighted by Gasteiger charge is 2.43. The summed E-state index contributed by atoms with van der Waals surface area (Å²) in [6.07, 6.45) is 0. The predicted octanol–water partition coefficient (Wildman–Crippen LogP) is 1.74. The molecule has 0 saturated carbocycles.